The number of likely N-dealkylation sites (tertiary alicyclic amines) is 2. The lowest BCUT2D eigenvalue weighted by Crippen LogP contribution is -2.53. The monoisotopic (exact) mass is 571 g/mol. The van der Waals surface area contributed by atoms with Crippen LogP contribution in [-0.4, -0.2) is 93.6 Å². The number of aromatic nitrogens is 1. The minimum absolute atomic E-state index is 0.0824. The molecule has 2 N–H and O–H groups in total. The van der Waals surface area contributed by atoms with Crippen LogP contribution in [0.15, 0.2) is 24.5 Å². The molecule has 1 aromatic heterocycles. The summed E-state index contributed by atoms with van der Waals surface area (Å²) in [6.45, 7) is 6.01. The van der Waals surface area contributed by atoms with E-state index in [0.717, 1.165) is 57.0 Å². The molecule has 220 valence electrons. The molecule has 0 saturated carbocycles. The number of carboxylic acid groups (broad SMARTS) is 2. The van der Waals surface area contributed by atoms with Crippen LogP contribution in [0.3, 0.4) is 0 Å². The standard InChI is InChI=1S/C20H29N3O2.2C2HF3O2/c24-19-3-6-20(23(19)16-18-2-1-9-21-14-18)7-10-22(11-8-20)15-17-4-12-25-13-5-17;2*3-2(4,5)1(6)7/h1-2,9,14,17H,3-8,10-13,15-16H2;2*(H,6,7). The van der Waals surface area contributed by atoms with E-state index in [9.17, 15) is 31.1 Å². The number of piperidine rings is 1. The second kappa shape index (κ2) is 13.9. The third-order valence-corrected chi connectivity index (χ3v) is 6.87. The van der Waals surface area contributed by atoms with Crippen LogP contribution in [0.25, 0.3) is 0 Å². The second-order valence-corrected chi connectivity index (χ2v) is 9.53. The zero-order valence-corrected chi connectivity index (χ0v) is 21.0. The molecule has 1 spiro atoms. The molecule has 3 fully saturated rings. The summed E-state index contributed by atoms with van der Waals surface area (Å²) in [5, 5.41) is 14.2. The van der Waals surface area contributed by atoms with Crippen LogP contribution in [0.5, 0.6) is 0 Å². The van der Waals surface area contributed by atoms with Crippen LogP contribution in [0, 0.1) is 5.92 Å². The Morgan fingerprint density at radius 3 is 2.00 bits per heavy atom. The second-order valence-electron chi connectivity index (χ2n) is 9.53. The lowest BCUT2D eigenvalue weighted by atomic mass is 9.84. The normalized spacial score (nSPS) is 20.1. The Labute approximate surface area is 220 Å². The molecule has 0 unspecified atom stereocenters. The van der Waals surface area contributed by atoms with Gasteiger partial charge >= 0.3 is 24.3 Å². The number of hydrogen-bond acceptors (Lipinski definition) is 6. The fraction of sp³-hybridized carbons (Fsp3) is 0.667. The number of carbonyl (C=O) groups excluding carboxylic acids is 1. The molecule has 0 aromatic carbocycles. The first-order chi connectivity index (χ1) is 18.1. The number of carboxylic acids is 2. The molecule has 1 aromatic rings. The third-order valence-electron chi connectivity index (χ3n) is 6.87. The number of hydrogen-bond donors (Lipinski definition) is 2. The van der Waals surface area contributed by atoms with E-state index in [1.54, 1.807) is 6.20 Å². The van der Waals surface area contributed by atoms with E-state index in [2.05, 4.69) is 20.9 Å². The summed E-state index contributed by atoms with van der Waals surface area (Å²) in [4.78, 5) is 39.3. The van der Waals surface area contributed by atoms with E-state index in [-0.39, 0.29) is 5.54 Å². The van der Waals surface area contributed by atoms with Gasteiger partial charge in [-0.15, -0.1) is 0 Å². The van der Waals surface area contributed by atoms with Crippen molar-refractivity contribution in [2.75, 3.05) is 32.8 Å². The number of ether oxygens (including phenoxy) is 1. The van der Waals surface area contributed by atoms with Crippen molar-refractivity contribution in [1.29, 1.82) is 0 Å². The quantitative estimate of drug-likeness (QED) is 0.525. The lowest BCUT2D eigenvalue weighted by Gasteiger charge is -2.46. The first-order valence-corrected chi connectivity index (χ1v) is 12.2. The van der Waals surface area contributed by atoms with Crippen molar-refractivity contribution < 1.29 is 55.7 Å². The van der Waals surface area contributed by atoms with Crippen molar-refractivity contribution in [1.82, 2.24) is 14.8 Å². The van der Waals surface area contributed by atoms with Crippen molar-refractivity contribution in [3.05, 3.63) is 30.1 Å². The predicted molar refractivity (Wildman–Crippen MR) is 123 cm³/mol. The molecular formula is C24H31F6N3O6. The van der Waals surface area contributed by atoms with Gasteiger partial charge in [-0.3, -0.25) is 9.78 Å². The predicted octanol–water partition coefficient (Wildman–Crippen LogP) is 3.73. The van der Waals surface area contributed by atoms with Gasteiger partial charge in [0.1, 0.15) is 0 Å². The summed E-state index contributed by atoms with van der Waals surface area (Å²) in [5.74, 6) is -4.40. The minimum atomic E-state index is -5.08. The number of halogens is 6. The van der Waals surface area contributed by atoms with Crippen LogP contribution < -0.4 is 0 Å². The van der Waals surface area contributed by atoms with Gasteiger partial charge in [-0.05, 0) is 49.7 Å². The number of amides is 1. The fourth-order valence-electron chi connectivity index (χ4n) is 4.77. The highest BCUT2D eigenvalue weighted by Crippen LogP contribution is 2.40. The van der Waals surface area contributed by atoms with Crippen molar-refractivity contribution >= 4 is 17.8 Å². The average Bonchev–Trinajstić information content (AvgIpc) is 3.16. The summed E-state index contributed by atoms with van der Waals surface area (Å²) in [6, 6.07) is 4.03. The van der Waals surface area contributed by atoms with Gasteiger partial charge in [0.05, 0.1) is 0 Å². The summed E-state index contributed by atoms with van der Waals surface area (Å²) in [6.07, 6.45) is -0.123. The number of alkyl halides is 6. The van der Waals surface area contributed by atoms with E-state index in [0.29, 0.717) is 18.9 Å². The van der Waals surface area contributed by atoms with Crippen molar-refractivity contribution in [3.63, 3.8) is 0 Å². The fourth-order valence-corrected chi connectivity index (χ4v) is 4.77. The number of aliphatic carboxylic acids is 2. The van der Waals surface area contributed by atoms with Crippen LogP contribution in [0.4, 0.5) is 26.3 Å². The minimum Gasteiger partial charge on any atom is -0.475 e. The summed E-state index contributed by atoms with van der Waals surface area (Å²) >= 11 is 0. The van der Waals surface area contributed by atoms with Crippen molar-refractivity contribution in [2.24, 2.45) is 5.92 Å². The molecule has 0 atom stereocenters. The third kappa shape index (κ3) is 10.3. The van der Waals surface area contributed by atoms with Gasteiger partial charge in [-0.1, -0.05) is 6.07 Å². The highest BCUT2D eigenvalue weighted by Gasteiger charge is 2.46. The zero-order valence-electron chi connectivity index (χ0n) is 21.0. The summed E-state index contributed by atoms with van der Waals surface area (Å²) in [5.41, 5.74) is 1.22. The van der Waals surface area contributed by atoms with E-state index in [1.807, 2.05) is 12.3 Å². The summed E-state index contributed by atoms with van der Waals surface area (Å²) < 4.78 is 69.0. The van der Waals surface area contributed by atoms with Crippen LogP contribution in [0.1, 0.15) is 44.1 Å². The highest BCUT2D eigenvalue weighted by atomic mass is 19.4. The largest absolute Gasteiger partial charge is 0.490 e. The molecule has 9 nitrogen and oxygen atoms in total. The van der Waals surface area contributed by atoms with Crippen LogP contribution >= 0.6 is 0 Å². The van der Waals surface area contributed by atoms with Gasteiger partial charge in [0.2, 0.25) is 5.91 Å². The van der Waals surface area contributed by atoms with E-state index in [4.69, 9.17) is 24.5 Å². The highest BCUT2D eigenvalue weighted by molar-refractivity contribution is 5.79. The smallest absolute Gasteiger partial charge is 0.475 e. The van der Waals surface area contributed by atoms with E-state index < -0.39 is 24.3 Å². The van der Waals surface area contributed by atoms with Gasteiger partial charge < -0.3 is 24.7 Å². The van der Waals surface area contributed by atoms with Gasteiger partial charge in [0, 0.05) is 63.7 Å². The summed E-state index contributed by atoms with van der Waals surface area (Å²) in [7, 11) is 0. The SMILES string of the molecule is O=C(O)C(F)(F)F.O=C(O)C(F)(F)F.O=C1CCC2(CCN(CC3CCOCC3)CC2)N1Cc1cccnc1. The molecule has 0 aliphatic carbocycles. The molecule has 4 heterocycles. The Hall–Kier alpha value is -2.94. The van der Waals surface area contributed by atoms with Gasteiger partial charge in [-0.2, -0.15) is 26.3 Å². The van der Waals surface area contributed by atoms with Crippen LogP contribution in [0.2, 0.25) is 0 Å². The first kappa shape index (κ1) is 32.3. The van der Waals surface area contributed by atoms with Crippen LogP contribution in [-0.2, 0) is 25.7 Å². The van der Waals surface area contributed by atoms with Gasteiger partial charge in [-0.25, -0.2) is 9.59 Å². The number of nitrogens with zero attached hydrogens (tertiary/aromatic N) is 3. The van der Waals surface area contributed by atoms with Gasteiger partial charge in [0.15, 0.2) is 0 Å². The van der Waals surface area contributed by atoms with Crippen molar-refractivity contribution in [2.45, 2.75) is 63.0 Å². The topological polar surface area (TPSA) is 120 Å². The maximum absolute atomic E-state index is 12.5. The molecule has 3 aliphatic rings. The van der Waals surface area contributed by atoms with E-state index >= 15 is 0 Å². The molecule has 1 amide bonds. The average molecular weight is 572 g/mol. The Balaban J connectivity index is 0.000000317. The maximum atomic E-state index is 12.5. The Morgan fingerprint density at radius 2 is 1.54 bits per heavy atom. The molecule has 15 heteroatoms. The molecule has 0 bridgehead atoms. The zero-order chi connectivity index (χ0) is 29.3. The molecule has 3 saturated heterocycles. The number of pyridine rings is 1. The molecule has 4 rings (SSSR count). The molecular weight excluding hydrogens is 540 g/mol. The molecule has 3 aliphatic heterocycles. The first-order valence-electron chi connectivity index (χ1n) is 12.2. The van der Waals surface area contributed by atoms with Gasteiger partial charge in [0.25, 0.3) is 0 Å². The molecule has 39 heavy (non-hydrogen) atoms. The van der Waals surface area contributed by atoms with Crippen molar-refractivity contribution in [3.8, 4) is 0 Å². The van der Waals surface area contributed by atoms with E-state index in [1.165, 1.54) is 19.4 Å². The Kier molecular flexibility index (Phi) is 11.5. The lowest BCUT2D eigenvalue weighted by molar-refractivity contribution is -0.193. The Morgan fingerprint density at radius 1 is 1.00 bits per heavy atom. The number of rotatable bonds is 4. The molecule has 0 radical (unpaired) electrons. The number of carbonyl (C=O) groups is 3. The maximum Gasteiger partial charge on any atom is 0.490 e. The Bertz CT molecular complexity index is 922.